The summed E-state index contributed by atoms with van der Waals surface area (Å²) in [7, 11) is 0. The lowest BCUT2D eigenvalue weighted by Crippen LogP contribution is -2.31. The molecule has 0 radical (unpaired) electrons. The average molecular weight is 224 g/mol. The summed E-state index contributed by atoms with van der Waals surface area (Å²) < 4.78 is 0. The second kappa shape index (κ2) is 5.08. The molecule has 1 aliphatic rings. The van der Waals surface area contributed by atoms with E-state index in [4.69, 9.17) is 0 Å². The van der Waals surface area contributed by atoms with Gasteiger partial charge in [-0.3, -0.25) is 0 Å². The van der Waals surface area contributed by atoms with Gasteiger partial charge in [0.15, 0.2) is 0 Å². The van der Waals surface area contributed by atoms with Crippen molar-refractivity contribution in [1.29, 1.82) is 0 Å². The van der Waals surface area contributed by atoms with Crippen LogP contribution in [-0.2, 0) is 6.42 Å². The van der Waals surface area contributed by atoms with Gasteiger partial charge >= 0.3 is 0 Å². The molecule has 0 amide bonds. The Kier molecular flexibility index (Phi) is 3.76. The van der Waals surface area contributed by atoms with Gasteiger partial charge in [0.25, 0.3) is 0 Å². The highest BCUT2D eigenvalue weighted by atomic mass is 32.1. The third kappa shape index (κ3) is 3.58. The Balaban J connectivity index is 1.86. The number of nitrogens with one attached hydrogen (secondary N) is 1. The van der Waals surface area contributed by atoms with E-state index in [2.05, 4.69) is 29.5 Å². The Bertz CT molecular complexity index is 304. The normalized spacial score (nSPS) is 18.0. The average Bonchev–Trinajstić information content (AvgIpc) is 2.90. The first kappa shape index (κ1) is 11.1. The lowest BCUT2D eigenvalue weighted by molar-refractivity contribution is 0.465. The summed E-state index contributed by atoms with van der Waals surface area (Å²) in [5.74, 6) is 0.995. The lowest BCUT2D eigenvalue weighted by atomic mass is 10.1. The van der Waals surface area contributed by atoms with Crippen molar-refractivity contribution in [1.82, 2.24) is 10.3 Å². The smallest absolute Gasteiger partial charge is 0.0943 e. The first-order valence-corrected chi connectivity index (χ1v) is 6.80. The summed E-state index contributed by atoms with van der Waals surface area (Å²) in [5, 5.41) is 7.02. The summed E-state index contributed by atoms with van der Waals surface area (Å²) in [5.41, 5.74) is 1.16. The number of likely N-dealkylation sites (N-methyl/N-ethyl adjacent to an activating group) is 1. The van der Waals surface area contributed by atoms with Crippen LogP contribution in [0.15, 0.2) is 5.38 Å². The van der Waals surface area contributed by atoms with Gasteiger partial charge in [0, 0.05) is 23.5 Å². The molecule has 1 aliphatic carbocycles. The van der Waals surface area contributed by atoms with Crippen LogP contribution in [0.1, 0.15) is 36.9 Å². The monoisotopic (exact) mass is 224 g/mol. The van der Waals surface area contributed by atoms with Crippen molar-refractivity contribution >= 4 is 11.3 Å². The molecule has 0 spiro atoms. The fourth-order valence-corrected chi connectivity index (χ4v) is 2.84. The van der Waals surface area contributed by atoms with E-state index in [1.165, 1.54) is 24.3 Å². The molecular formula is C12H20N2S. The minimum Gasteiger partial charge on any atom is -0.314 e. The van der Waals surface area contributed by atoms with Crippen LogP contribution in [0, 0.1) is 12.8 Å². The molecule has 1 atom stereocenters. The van der Waals surface area contributed by atoms with Crippen LogP contribution in [0.5, 0.6) is 0 Å². The number of thiazole rings is 1. The molecule has 1 aromatic heterocycles. The van der Waals surface area contributed by atoms with Gasteiger partial charge in [-0.2, -0.15) is 0 Å². The Morgan fingerprint density at radius 1 is 1.60 bits per heavy atom. The van der Waals surface area contributed by atoms with E-state index in [0.29, 0.717) is 6.04 Å². The van der Waals surface area contributed by atoms with Crippen molar-refractivity contribution in [3.05, 3.63) is 16.1 Å². The maximum Gasteiger partial charge on any atom is 0.0943 e. The SMILES string of the molecule is CCNC(Cc1nc(C)cs1)CC1CC1. The molecule has 0 aliphatic heterocycles. The van der Waals surface area contributed by atoms with Crippen LogP contribution in [0.25, 0.3) is 0 Å². The Labute approximate surface area is 96.1 Å². The predicted octanol–water partition coefficient (Wildman–Crippen LogP) is 2.77. The van der Waals surface area contributed by atoms with Gasteiger partial charge in [0.2, 0.25) is 0 Å². The second-order valence-electron chi connectivity index (χ2n) is 4.52. The molecule has 1 saturated carbocycles. The fraction of sp³-hybridized carbons (Fsp3) is 0.750. The van der Waals surface area contributed by atoms with Gasteiger partial charge in [0.05, 0.1) is 5.01 Å². The molecule has 3 heteroatoms. The highest BCUT2D eigenvalue weighted by Crippen LogP contribution is 2.34. The van der Waals surface area contributed by atoms with Gasteiger partial charge in [-0.1, -0.05) is 19.8 Å². The standard InChI is InChI=1S/C12H20N2S/c1-3-13-11(6-10-4-5-10)7-12-14-9(2)8-15-12/h8,10-11,13H,3-7H2,1-2H3. The number of hydrogen-bond donors (Lipinski definition) is 1. The van der Waals surface area contributed by atoms with Crippen LogP contribution in [-0.4, -0.2) is 17.6 Å². The topological polar surface area (TPSA) is 24.9 Å². The van der Waals surface area contributed by atoms with Crippen molar-refractivity contribution < 1.29 is 0 Å². The molecular weight excluding hydrogens is 204 g/mol. The van der Waals surface area contributed by atoms with Crippen molar-refractivity contribution in [2.75, 3.05) is 6.54 Å². The van der Waals surface area contributed by atoms with E-state index in [1.807, 2.05) is 0 Å². The molecule has 1 fully saturated rings. The van der Waals surface area contributed by atoms with Gasteiger partial charge < -0.3 is 5.32 Å². The third-order valence-corrected chi connectivity index (χ3v) is 3.88. The molecule has 2 nitrogen and oxygen atoms in total. The van der Waals surface area contributed by atoms with Gasteiger partial charge in [-0.15, -0.1) is 11.3 Å². The molecule has 1 unspecified atom stereocenters. The third-order valence-electron chi connectivity index (χ3n) is 2.90. The maximum absolute atomic E-state index is 4.54. The summed E-state index contributed by atoms with van der Waals surface area (Å²) in [4.78, 5) is 4.54. The van der Waals surface area contributed by atoms with E-state index < -0.39 is 0 Å². The van der Waals surface area contributed by atoms with E-state index in [1.54, 1.807) is 11.3 Å². The van der Waals surface area contributed by atoms with Crippen molar-refractivity contribution in [3.8, 4) is 0 Å². The molecule has 0 bridgehead atoms. The first-order valence-electron chi connectivity index (χ1n) is 5.92. The maximum atomic E-state index is 4.54. The quantitative estimate of drug-likeness (QED) is 0.803. The minimum absolute atomic E-state index is 0.646. The summed E-state index contributed by atoms with van der Waals surface area (Å²) in [6.07, 6.45) is 5.34. The molecule has 1 heterocycles. The van der Waals surface area contributed by atoms with Crippen molar-refractivity contribution in [3.63, 3.8) is 0 Å². The Morgan fingerprint density at radius 2 is 2.40 bits per heavy atom. The molecule has 2 rings (SSSR count). The molecule has 84 valence electrons. The number of nitrogens with zero attached hydrogens (tertiary/aromatic N) is 1. The Morgan fingerprint density at radius 3 is 2.93 bits per heavy atom. The molecule has 1 aromatic rings. The summed E-state index contributed by atoms with van der Waals surface area (Å²) in [6, 6.07) is 0.646. The zero-order valence-corrected chi connectivity index (χ0v) is 10.4. The van der Waals surface area contributed by atoms with Crippen LogP contribution >= 0.6 is 11.3 Å². The zero-order chi connectivity index (χ0) is 10.7. The number of hydrogen-bond acceptors (Lipinski definition) is 3. The van der Waals surface area contributed by atoms with E-state index >= 15 is 0 Å². The number of aromatic nitrogens is 1. The van der Waals surface area contributed by atoms with Crippen molar-refractivity contribution in [2.45, 2.75) is 45.6 Å². The Hall–Kier alpha value is -0.410. The number of rotatable bonds is 6. The first-order chi connectivity index (χ1) is 7.28. The highest BCUT2D eigenvalue weighted by Gasteiger charge is 2.25. The summed E-state index contributed by atoms with van der Waals surface area (Å²) >= 11 is 1.80. The molecule has 1 N–H and O–H groups in total. The highest BCUT2D eigenvalue weighted by molar-refractivity contribution is 7.09. The fourth-order valence-electron chi connectivity index (χ4n) is 1.99. The minimum atomic E-state index is 0.646. The van der Waals surface area contributed by atoms with Crippen molar-refractivity contribution in [2.24, 2.45) is 5.92 Å². The van der Waals surface area contributed by atoms with E-state index in [9.17, 15) is 0 Å². The van der Waals surface area contributed by atoms with E-state index in [0.717, 1.165) is 24.6 Å². The molecule has 0 aromatic carbocycles. The summed E-state index contributed by atoms with van der Waals surface area (Å²) in [6.45, 7) is 5.33. The van der Waals surface area contributed by atoms with Gasteiger partial charge in [0.1, 0.15) is 0 Å². The van der Waals surface area contributed by atoms with Crippen LogP contribution in [0.3, 0.4) is 0 Å². The largest absolute Gasteiger partial charge is 0.314 e. The second-order valence-corrected chi connectivity index (χ2v) is 5.46. The van der Waals surface area contributed by atoms with Crippen LogP contribution in [0.2, 0.25) is 0 Å². The zero-order valence-electron chi connectivity index (χ0n) is 9.62. The molecule has 15 heavy (non-hydrogen) atoms. The molecule has 0 saturated heterocycles. The van der Waals surface area contributed by atoms with E-state index in [-0.39, 0.29) is 0 Å². The number of aryl methyl sites for hydroxylation is 1. The van der Waals surface area contributed by atoms with Gasteiger partial charge in [-0.05, 0) is 25.8 Å². The van der Waals surface area contributed by atoms with Crippen LogP contribution in [0.4, 0.5) is 0 Å². The van der Waals surface area contributed by atoms with Crippen LogP contribution < -0.4 is 5.32 Å². The predicted molar refractivity (Wildman–Crippen MR) is 65.4 cm³/mol. The lowest BCUT2D eigenvalue weighted by Gasteiger charge is -2.15. The van der Waals surface area contributed by atoms with Gasteiger partial charge in [-0.25, -0.2) is 4.98 Å².